The van der Waals surface area contributed by atoms with E-state index >= 15 is 0 Å². The van der Waals surface area contributed by atoms with Crippen molar-refractivity contribution in [3.05, 3.63) is 48.6 Å². The van der Waals surface area contributed by atoms with Crippen LogP contribution in [0.25, 0.3) is 0 Å². The van der Waals surface area contributed by atoms with Gasteiger partial charge >= 0.3 is 17.9 Å². The molecule has 0 bridgehead atoms. The van der Waals surface area contributed by atoms with Gasteiger partial charge in [-0.2, -0.15) is 0 Å². The van der Waals surface area contributed by atoms with Crippen molar-refractivity contribution in [1.82, 2.24) is 0 Å². The van der Waals surface area contributed by atoms with Crippen LogP contribution in [0.3, 0.4) is 0 Å². The molecule has 366 valence electrons. The summed E-state index contributed by atoms with van der Waals surface area (Å²) in [6, 6.07) is 0. The number of hydrogen-bond acceptors (Lipinski definition) is 6. The Hall–Kier alpha value is -2.63. The van der Waals surface area contributed by atoms with Crippen LogP contribution in [0.5, 0.6) is 0 Å². The summed E-state index contributed by atoms with van der Waals surface area (Å²) in [6.45, 7) is 6.52. The van der Waals surface area contributed by atoms with Crippen molar-refractivity contribution in [2.24, 2.45) is 0 Å². The van der Waals surface area contributed by atoms with Gasteiger partial charge < -0.3 is 14.2 Å². The molecule has 6 nitrogen and oxygen atoms in total. The highest BCUT2D eigenvalue weighted by molar-refractivity contribution is 5.71. The molecule has 0 aliphatic carbocycles. The largest absolute Gasteiger partial charge is 0.462 e. The van der Waals surface area contributed by atoms with Crippen molar-refractivity contribution in [2.75, 3.05) is 13.2 Å². The second-order valence-corrected chi connectivity index (χ2v) is 18.1. The third-order valence-corrected chi connectivity index (χ3v) is 11.8. The topological polar surface area (TPSA) is 78.9 Å². The monoisotopic (exact) mass is 883 g/mol. The summed E-state index contributed by atoms with van der Waals surface area (Å²) in [5.41, 5.74) is 0. The fourth-order valence-corrected chi connectivity index (χ4v) is 7.70. The molecule has 1 unspecified atom stereocenters. The molecule has 0 aromatic heterocycles. The molecule has 0 aliphatic heterocycles. The summed E-state index contributed by atoms with van der Waals surface area (Å²) in [4.78, 5) is 38.0. The zero-order valence-electron chi connectivity index (χ0n) is 41.8. The number of esters is 3. The number of unbranched alkanes of at least 4 members (excludes halogenated alkanes) is 30. The van der Waals surface area contributed by atoms with Crippen LogP contribution in [0.2, 0.25) is 0 Å². The summed E-state index contributed by atoms with van der Waals surface area (Å²) in [7, 11) is 0. The van der Waals surface area contributed by atoms with E-state index in [2.05, 4.69) is 69.4 Å². The quantitative estimate of drug-likeness (QED) is 0.0262. The summed E-state index contributed by atoms with van der Waals surface area (Å²) in [5, 5.41) is 0. The van der Waals surface area contributed by atoms with E-state index in [9.17, 15) is 14.4 Å². The highest BCUT2D eigenvalue weighted by Gasteiger charge is 2.19. The predicted octanol–water partition coefficient (Wildman–Crippen LogP) is 17.9. The minimum absolute atomic E-state index is 0.0823. The summed E-state index contributed by atoms with van der Waals surface area (Å²) in [5.74, 6) is -0.902. The van der Waals surface area contributed by atoms with Crippen LogP contribution in [-0.2, 0) is 28.6 Å². The summed E-state index contributed by atoms with van der Waals surface area (Å²) >= 11 is 0. The van der Waals surface area contributed by atoms with Gasteiger partial charge in [0.05, 0.1) is 0 Å². The third-order valence-electron chi connectivity index (χ3n) is 11.8. The fraction of sp³-hybridized carbons (Fsp3) is 0.807. The van der Waals surface area contributed by atoms with Crippen LogP contribution < -0.4 is 0 Å². The first-order chi connectivity index (χ1) is 31.0. The Balaban J connectivity index is 4.38. The number of carbonyl (C=O) groups excluding carboxylic acids is 3. The first kappa shape index (κ1) is 60.4. The molecule has 0 aliphatic rings. The number of carbonyl (C=O) groups is 3. The summed E-state index contributed by atoms with van der Waals surface area (Å²) < 4.78 is 16.8. The highest BCUT2D eigenvalue weighted by Crippen LogP contribution is 2.15. The molecule has 0 spiro atoms. The minimum atomic E-state index is -0.783. The van der Waals surface area contributed by atoms with Gasteiger partial charge in [0, 0.05) is 19.3 Å². The van der Waals surface area contributed by atoms with Crippen molar-refractivity contribution < 1.29 is 28.6 Å². The molecule has 0 amide bonds. The van der Waals surface area contributed by atoms with E-state index in [-0.39, 0.29) is 31.1 Å². The first-order valence-corrected chi connectivity index (χ1v) is 27.1. The van der Waals surface area contributed by atoms with Crippen molar-refractivity contribution in [2.45, 2.75) is 284 Å². The minimum Gasteiger partial charge on any atom is -0.462 e. The Bertz CT molecular complexity index is 1110. The Morgan fingerprint density at radius 1 is 0.333 bits per heavy atom. The summed E-state index contributed by atoms with van der Waals surface area (Å²) in [6.07, 6.45) is 62.4. The molecule has 0 aromatic rings. The predicted molar refractivity (Wildman–Crippen MR) is 270 cm³/mol. The maximum Gasteiger partial charge on any atom is 0.306 e. The van der Waals surface area contributed by atoms with E-state index in [1.807, 2.05) is 0 Å². The van der Waals surface area contributed by atoms with Gasteiger partial charge in [-0.25, -0.2) is 0 Å². The molecule has 0 fully saturated rings. The molecule has 1 atom stereocenters. The molecular formula is C57H102O6. The van der Waals surface area contributed by atoms with Crippen LogP contribution in [0.4, 0.5) is 0 Å². The fourth-order valence-electron chi connectivity index (χ4n) is 7.70. The molecule has 0 heterocycles. The maximum atomic E-state index is 12.8. The maximum absolute atomic E-state index is 12.8. The Morgan fingerprint density at radius 2 is 0.619 bits per heavy atom. The van der Waals surface area contributed by atoms with Crippen LogP contribution >= 0.6 is 0 Å². The van der Waals surface area contributed by atoms with Crippen LogP contribution in [0.15, 0.2) is 48.6 Å². The lowest BCUT2D eigenvalue weighted by atomic mass is 10.1. The lowest BCUT2D eigenvalue weighted by Crippen LogP contribution is -2.30. The molecule has 0 aromatic carbocycles. The normalized spacial score (nSPS) is 12.4. The second-order valence-electron chi connectivity index (χ2n) is 18.1. The van der Waals surface area contributed by atoms with Crippen molar-refractivity contribution in [3.63, 3.8) is 0 Å². The van der Waals surface area contributed by atoms with E-state index in [0.29, 0.717) is 19.3 Å². The van der Waals surface area contributed by atoms with E-state index in [0.717, 1.165) is 89.9 Å². The van der Waals surface area contributed by atoms with Gasteiger partial charge in [-0.15, -0.1) is 0 Å². The van der Waals surface area contributed by atoms with Crippen molar-refractivity contribution in [1.29, 1.82) is 0 Å². The smallest absolute Gasteiger partial charge is 0.306 e. The lowest BCUT2D eigenvalue weighted by Gasteiger charge is -2.18. The SMILES string of the molecule is CC/C=C\C/C=C\CCCCCCCCCC(=O)OC(COC(=O)CCCCC/C=C\CCCCCCCCC)COC(=O)CCCCCCCCC/C=C\CCCCCCCC. The van der Waals surface area contributed by atoms with Crippen LogP contribution in [0.1, 0.15) is 278 Å². The molecule has 0 N–H and O–H groups in total. The van der Waals surface area contributed by atoms with Crippen LogP contribution in [0, 0.1) is 0 Å². The van der Waals surface area contributed by atoms with Gasteiger partial charge in [-0.05, 0) is 96.3 Å². The Morgan fingerprint density at radius 3 is 0.984 bits per heavy atom. The average molecular weight is 883 g/mol. The lowest BCUT2D eigenvalue weighted by molar-refractivity contribution is -0.167. The van der Waals surface area contributed by atoms with Crippen molar-refractivity contribution >= 4 is 17.9 Å². The molecule has 0 radical (unpaired) electrons. The zero-order valence-corrected chi connectivity index (χ0v) is 41.8. The van der Waals surface area contributed by atoms with E-state index < -0.39 is 6.10 Å². The third kappa shape index (κ3) is 50.2. The van der Waals surface area contributed by atoms with Gasteiger partial charge in [0.25, 0.3) is 0 Å². The Kier molecular flexibility index (Phi) is 49.8. The van der Waals surface area contributed by atoms with Gasteiger partial charge in [0.15, 0.2) is 6.10 Å². The van der Waals surface area contributed by atoms with Crippen LogP contribution in [-0.4, -0.2) is 37.2 Å². The molecule has 0 rings (SSSR count). The van der Waals surface area contributed by atoms with E-state index in [1.165, 1.54) is 148 Å². The van der Waals surface area contributed by atoms with E-state index in [1.54, 1.807) is 0 Å². The zero-order chi connectivity index (χ0) is 45.8. The average Bonchev–Trinajstić information content (AvgIpc) is 3.28. The highest BCUT2D eigenvalue weighted by atomic mass is 16.6. The van der Waals surface area contributed by atoms with Gasteiger partial charge in [0.1, 0.15) is 13.2 Å². The standard InChI is InChI=1S/C57H102O6/c1-4-7-10-13-16-19-22-25-28-29-30-33-35-38-41-44-47-50-56(59)62-53-54(63-57(60)51-48-45-42-39-36-32-27-24-21-18-15-12-9-6-3)52-61-55(58)49-46-43-40-37-34-31-26-23-20-17-14-11-8-5-2/h9,12,18,21,25,28,31,34,54H,4-8,10-11,13-17,19-20,22-24,26-27,29-30,32-33,35-53H2,1-3H3/b12-9-,21-18-,28-25-,34-31-. The number of allylic oxidation sites excluding steroid dienone is 8. The van der Waals surface area contributed by atoms with Gasteiger partial charge in [0.2, 0.25) is 0 Å². The van der Waals surface area contributed by atoms with Crippen molar-refractivity contribution in [3.8, 4) is 0 Å². The molecule has 6 heteroatoms. The van der Waals surface area contributed by atoms with Gasteiger partial charge in [-0.1, -0.05) is 211 Å². The second kappa shape index (κ2) is 52.0. The molecule has 63 heavy (non-hydrogen) atoms. The molecule has 0 saturated carbocycles. The first-order valence-electron chi connectivity index (χ1n) is 27.1. The number of rotatable bonds is 49. The molecule has 0 saturated heterocycles. The van der Waals surface area contributed by atoms with E-state index in [4.69, 9.17) is 14.2 Å². The number of ether oxygens (including phenoxy) is 3. The Labute approximate surface area is 390 Å². The van der Waals surface area contributed by atoms with Gasteiger partial charge in [-0.3, -0.25) is 14.4 Å². The molecular weight excluding hydrogens is 781 g/mol. The number of hydrogen-bond donors (Lipinski definition) is 0.